The Morgan fingerprint density at radius 1 is 0.738 bits per heavy atom. The van der Waals surface area contributed by atoms with Gasteiger partial charge in [0.15, 0.2) is 36.5 Å². The Morgan fingerprint density at radius 2 is 1.00 bits per heavy atom. The second-order valence-electron chi connectivity index (χ2n) is 7.70. The first-order valence-electron chi connectivity index (χ1n) is 10.9. The smallest absolute Gasteiger partial charge is 0.328 e. The number of rotatable bonds is 9. The third kappa shape index (κ3) is 157. The molecule has 0 fully saturated rings. The zero-order chi connectivity index (χ0) is 27.8. The van der Waals surface area contributed by atoms with Crippen LogP contribution in [0.1, 0.15) is 31.1 Å². The van der Waals surface area contributed by atoms with Gasteiger partial charge in [-0.3, -0.25) is 4.98 Å². The molecule has 0 aliphatic heterocycles. The van der Waals surface area contributed by atoms with Gasteiger partial charge in [0, 0.05) is 0 Å². The van der Waals surface area contributed by atoms with E-state index in [-0.39, 0.29) is 80.7 Å². The fourth-order valence-corrected chi connectivity index (χ4v) is 15.2. The van der Waals surface area contributed by atoms with E-state index < -0.39 is 69.8 Å². The molecule has 13 nitrogen and oxygen atoms in total. The lowest BCUT2D eigenvalue weighted by Crippen LogP contribution is -3.03. The van der Waals surface area contributed by atoms with Gasteiger partial charge in [0.25, 0.3) is 7.71 Å². The van der Waals surface area contributed by atoms with Crippen LogP contribution in [0.2, 0.25) is 52.4 Å². The topological polar surface area (TPSA) is 277 Å². The van der Waals surface area contributed by atoms with Crippen molar-refractivity contribution in [3.8, 4) is 0 Å². The Hall–Kier alpha value is 2.96. The Labute approximate surface area is 310 Å². The number of quaternary nitrogens is 2. The molecule has 0 aliphatic rings. The molecule has 0 rings (SSSR count). The number of halogens is 6. The maximum absolute atomic E-state index is 5.81. The molecule has 0 aromatic rings. The van der Waals surface area contributed by atoms with Gasteiger partial charge in [0.1, 0.15) is 0 Å². The molecule has 0 aliphatic carbocycles. The number of nitrogens with one attached hydrogen (secondary N) is 5. The molecule has 0 amide bonds. The minimum atomic E-state index is -2.02. The van der Waals surface area contributed by atoms with Gasteiger partial charge in [-0.2, -0.15) is 22.2 Å². The zero-order valence-electron chi connectivity index (χ0n) is 26.4. The first-order valence-corrected chi connectivity index (χ1v) is 33.6. The Morgan fingerprint density at radius 3 is 1.07 bits per heavy atom. The van der Waals surface area contributed by atoms with E-state index >= 15 is 0 Å². The van der Waals surface area contributed by atoms with Crippen LogP contribution in [0, 0.1) is 12.4 Å². The molecule has 0 aromatic heterocycles. The Kier molecular flexibility index (Phi) is 135. The van der Waals surface area contributed by atoms with Crippen molar-refractivity contribution < 1.29 is 43.3 Å². The first-order chi connectivity index (χ1) is 14.7. The fraction of sp³-hybridized carbons (Fsp3) is 1.00. The van der Waals surface area contributed by atoms with Crippen LogP contribution >= 0.6 is 33.2 Å². The van der Waals surface area contributed by atoms with E-state index in [1.165, 1.54) is 0 Å². The van der Waals surface area contributed by atoms with E-state index in [2.05, 4.69) is 61.6 Å². The van der Waals surface area contributed by atoms with Crippen molar-refractivity contribution in [3.05, 3.63) is 6.15 Å². The summed E-state index contributed by atoms with van der Waals surface area (Å²) >= 11 is 16.2. The maximum Gasteiger partial charge on any atom is 0.328 e. The van der Waals surface area contributed by atoms with Crippen molar-refractivity contribution in [3.63, 3.8) is 0 Å². The predicted octanol–water partition coefficient (Wildman–Crippen LogP) is -7.41. The summed E-state index contributed by atoms with van der Waals surface area (Å²) < 4.78 is 8.85. The molecule has 0 heterocycles. The molecule has 0 aromatic carbocycles. The van der Waals surface area contributed by atoms with Gasteiger partial charge >= 0.3 is 18.2 Å². The Bertz CT molecular complexity index is 375. The molecule has 0 saturated carbocycles. The van der Waals surface area contributed by atoms with Gasteiger partial charge in [-0.15, -0.1) is 11.1 Å². The summed E-state index contributed by atoms with van der Waals surface area (Å²) in [6, 6.07) is 0. The highest BCUT2D eigenvalue weighted by Gasteiger charge is 2.20. The van der Waals surface area contributed by atoms with Gasteiger partial charge in [-0.05, 0) is 73.5 Å². The van der Waals surface area contributed by atoms with Crippen molar-refractivity contribution in [2.45, 2.75) is 82.1 Å². The summed E-state index contributed by atoms with van der Waals surface area (Å²) in [7, 11) is -2.81. The molecule has 23 N–H and O–H groups in total. The third-order valence-corrected chi connectivity index (χ3v) is 19.4. The zero-order valence-corrected chi connectivity index (χ0v) is 39.2. The molecule has 6 unspecified atom stereocenters. The van der Waals surface area contributed by atoms with Crippen molar-refractivity contribution >= 4 is 103 Å². The van der Waals surface area contributed by atoms with Crippen molar-refractivity contribution in [2.24, 2.45) is 27.0 Å². The highest BCUT2D eigenvalue weighted by atomic mass is 35.7. The summed E-state index contributed by atoms with van der Waals surface area (Å²) in [4.78, 5) is 9.53. The maximum atomic E-state index is 5.81. The van der Waals surface area contributed by atoms with Crippen LogP contribution in [-0.2, 0) is 0 Å². The van der Waals surface area contributed by atoms with Crippen LogP contribution in [0.15, 0.2) is 0 Å². The summed E-state index contributed by atoms with van der Waals surface area (Å²) in [6.07, 6.45) is 0. The van der Waals surface area contributed by atoms with E-state index in [4.69, 9.17) is 60.2 Å². The van der Waals surface area contributed by atoms with Crippen molar-refractivity contribution in [1.29, 1.82) is 0 Å². The van der Waals surface area contributed by atoms with Gasteiger partial charge in [-0.25, -0.2) is 0 Å². The summed E-state index contributed by atoms with van der Waals surface area (Å²) in [5, 5.41) is 26.9. The van der Waals surface area contributed by atoms with Gasteiger partial charge in [0.05, 0.1) is 12.4 Å². The largest absolute Gasteiger partial charge is 1.00 e. The van der Waals surface area contributed by atoms with Gasteiger partial charge in [-0.1, -0.05) is 29.7 Å². The second-order valence-corrected chi connectivity index (χ2v) is 33.1. The van der Waals surface area contributed by atoms with Crippen LogP contribution in [0.4, 0.5) is 0 Å². The Balaban J connectivity index is -0.0000000170. The van der Waals surface area contributed by atoms with E-state index in [1.807, 2.05) is 40.8 Å². The van der Waals surface area contributed by atoms with Crippen LogP contribution in [-0.4, -0.2) is 91.0 Å². The SMILES string of the molecule is C.C.C.C.CN[SiH](C)N[SiH](C)N.CN[SiH](C)N[Si](C)(N)Cl.CN[SiH](C)[NH2+][SiH](C)N.C[SiH](Cl)Cl.C[SiH](N)N.[Cl-].[Cl-].[ClH2+].[H-].[NH2-].[NH4+]. The average Bonchev–Trinajstić information content (AvgIpc) is 2.59. The molecule has 0 saturated heterocycles. The molecular formula is C15H82Cl6N13Si8-. The molecule has 0 spiro atoms. The van der Waals surface area contributed by atoms with Crippen LogP contribution < -0.4 is 86.9 Å². The second kappa shape index (κ2) is 62.7. The normalized spacial score (nSPS) is 13.1. The predicted molar refractivity (Wildman–Crippen MR) is 219 cm³/mol. The van der Waals surface area contributed by atoms with Gasteiger partial charge < -0.3 is 89.4 Å². The minimum Gasteiger partial charge on any atom is -1.00 e. The molecule has 6 atom stereocenters. The van der Waals surface area contributed by atoms with E-state index in [9.17, 15) is 0 Å². The molecule has 0 radical (unpaired) electrons. The third-order valence-electron chi connectivity index (χ3n) is 2.93. The molecule has 0 bridgehead atoms. The van der Waals surface area contributed by atoms with Crippen LogP contribution in [0.3, 0.4) is 0 Å². The molecule has 282 valence electrons. The molecule has 42 heavy (non-hydrogen) atoms. The number of hydrogen-bond acceptors (Lipinski definition) is 10. The van der Waals surface area contributed by atoms with Crippen LogP contribution in [0.5, 0.6) is 0 Å². The lowest BCUT2D eigenvalue weighted by atomic mass is 11.6. The molecular weight excluding hydrogens is 800 g/mol. The van der Waals surface area contributed by atoms with Crippen molar-refractivity contribution in [2.75, 3.05) is 21.1 Å². The highest BCUT2D eigenvalue weighted by Crippen LogP contribution is 1.92. The highest BCUT2D eigenvalue weighted by molar-refractivity contribution is 7.33. The molecule has 27 heteroatoms. The monoisotopic (exact) mass is 878 g/mol. The number of nitrogens with two attached hydrogens (primary N) is 7. The summed E-state index contributed by atoms with van der Waals surface area (Å²) in [6.45, 7) is 16.3. The van der Waals surface area contributed by atoms with Crippen LogP contribution in [0.25, 0.3) is 6.15 Å². The van der Waals surface area contributed by atoms with Gasteiger partial charge in [0.2, 0.25) is 7.42 Å². The quantitative estimate of drug-likeness (QED) is 0.0769. The minimum absolute atomic E-state index is 0. The fourth-order valence-electron chi connectivity index (χ4n) is 1.52. The standard InChI is InChI=1S/C3H14ClN3Si2.C3H16N3Si2.C3H15N3Si2.CH4Cl2Si.CH8N2Si.4CH4.ClH2.2ClH.H3N.H2N.H/c1-6-8(2)7-9(3,4)5;2*1-5-8(3)6-7(2)4;2*1-4(2)3;;;;;;;;;;/h6-8H,5H2,1-3H3;5,7-8H,4,6H2,1-3H3;5-8H,4H2,1-3H3;4H,1H3;4H,2-3H2,1H3;4*1H4;1H2;2*1H;1H3;1H2;/q;+1;;;;;;;;+1;;;;2*-1/p-1. The lowest BCUT2D eigenvalue weighted by Gasteiger charge is -2.18. The number of hydrogen-bond donors (Lipinski definition) is 12. The van der Waals surface area contributed by atoms with E-state index in [1.54, 1.807) is 0 Å². The average molecular weight is 882 g/mol. The summed E-state index contributed by atoms with van der Waals surface area (Å²) in [5.41, 5.74) is 0. The van der Waals surface area contributed by atoms with Crippen molar-refractivity contribution in [1.82, 2.24) is 30.4 Å². The lowest BCUT2D eigenvalue weighted by molar-refractivity contribution is -0.371. The van der Waals surface area contributed by atoms with E-state index in [0.29, 0.717) is 0 Å². The van der Waals surface area contributed by atoms with E-state index in [0.717, 1.165) is 0 Å². The summed E-state index contributed by atoms with van der Waals surface area (Å²) in [5.74, 6) is 0. The first kappa shape index (κ1) is 90.6.